The minimum absolute atomic E-state index is 0.0230. The molecule has 1 rings (SSSR count). The van der Waals surface area contributed by atoms with E-state index in [1.165, 1.54) is 11.3 Å². The summed E-state index contributed by atoms with van der Waals surface area (Å²) in [5, 5.41) is 1.87. The normalized spacial score (nSPS) is 10.3. The molecular formula is C11H15BrN2O2S2. The van der Waals surface area contributed by atoms with Crippen molar-refractivity contribution in [2.45, 2.75) is 6.42 Å². The molecule has 7 heteroatoms. The molecule has 0 saturated heterocycles. The number of thiocarbonyl (C=S) groups is 1. The molecular weight excluding hydrogens is 336 g/mol. The van der Waals surface area contributed by atoms with Gasteiger partial charge < -0.3 is 15.4 Å². The molecule has 0 aliphatic carbocycles. The van der Waals surface area contributed by atoms with E-state index in [9.17, 15) is 4.79 Å². The standard InChI is InChI=1S/C11H15BrN2O2S2/c1-16-6-5-14(4-2-9(13)17)11(15)10-8(12)3-7-18-10/h3,7H,2,4-6H2,1H3,(H2,13,17). The smallest absolute Gasteiger partial charge is 0.265 e. The fourth-order valence-electron chi connectivity index (χ4n) is 1.35. The third kappa shape index (κ3) is 4.64. The number of amides is 1. The van der Waals surface area contributed by atoms with Crippen LogP contribution in [0.25, 0.3) is 0 Å². The van der Waals surface area contributed by atoms with E-state index >= 15 is 0 Å². The summed E-state index contributed by atoms with van der Waals surface area (Å²) in [5.41, 5.74) is 5.47. The first kappa shape index (κ1) is 15.6. The van der Waals surface area contributed by atoms with E-state index in [0.29, 0.717) is 36.0 Å². The maximum atomic E-state index is 12.3. The minimum Gasteiger partial charge on any atom is -0.393 e. The summed E-state index contributed by atoms with van der Waals surface area (Å²) in [7, 11) is 1.61. The van der Waals surface area contributed by atoms with Crippen LogP contribution in [0.4, 0.5) is 0 Å². The molecule has 100 valence electrons. The van der Waals surface area contributed by atoms with Crippen molar-refractivity contribution in [3.05, 3.63) is 20.8 Å². The molecule has 0 atom stereocenters. The average molecular weight is 351 g/mol. The van der Waals surface area contributed by atoms with Crippen molar-refractivity contribution >= 4 is 50.4 Å². The SMILES string of the molecule is COCCN(CCC(N)=S)C(=O)c1sccc1Br. The van der Waals surface area contributed by atoms with Crippen LogP contribution in [-0.4, -0.2) is 42.6 Å². The monoisotopic (exact) mass is 350 g/mol. The second-order valence-electron chi connectivity index (χ2n) is 3.60. The van der Waals surface area contributed by atoms with Gasteiger partial charge in [0.15, 0.2) is 0 Å². The average Bonchev–Trinajstić information content (AvgIpc) is 2.74. The quantitative estimate of drug-likeness (QED) is 0.766. The van der Waals surface area contributed by atoms with E-state index in [-0.39, 0.29) is 5.91 Å². The van der Waals surface area contributed by atoms with Crippen molar-refractivity contribution in [2.24, 2.45) is 5.73 Å². The van der Waals surface area contributed by atoms with E-state index in [0.717, 1.165) is 4.47 Å². The molecule has 1 aromatic heterocycles. The molecule has 0 unspecified atom stereocenters. The summed E-state index contributed by atoms with van der Waals surface area (Å²) < 4.78 is 5.83. The van der Waals surface area contributed by atoms with Gasteiger partial charge in [0.1, 0.15) is 4.88 Å². The highest BCUT2D eigenvalue weighted by Gasteiger charge is 2.19. The van der Waals surface area contributed by atoms with Crippen molar-refractivity contribution in [1.29, 1.82) is 0 Å². The van der Waals surface area contributed by atoms with Crippen LogP contribution >= 0.6 is 39.5 Å². The zero-order valence-electron chi connectivity index (χ0n) is 10.0. The first-order chi connectivity index (χ1) is 8.56. The van der Waals surface area contributed by atoms with Crippen LogP contribution < -0.4 is 5.73 Å². The molecule has 0 bridgehead atoms. The highest BCUT2D eigenvalue weighted by Crippen LogP contribution is 2.24. The summed E-state index contributed by atoms with van der Waals surface area (Å²) in [5.74, 6) is -0.0230. The molecule has 0 fully saturated rings. The Kier molecular flexibility index (Phi) is 6.77. The maximum Gasteiger partial charge on any atom is 0.265 e. The van der Waals surface area contributed by atoms with E-state index in [4.69, 9.17) is 22.7 Å². The molecule has 1 heterocycles. The summed E-state index contributed by atoms with van der Waals surface area (Å²) in [6.07, 6.45) is 0.522. The first-order valence-corrected chi connectivity index (χ1v) is 7.44. The van der Waals surface area contributed by atoms with Gasteiger partial charge in [-0.1, -0.05) is 12.2 Å². The molecule has 1 aromatic rings. The number of ether oxygens (including phenoxy) is 1. The van der Waals surface area contributed by atoms with E-state index < -0.39 is 0 Å². The Morgan fingerprint density at radius 1 is 1.61 bits per heavy atom. The Morgan fingerprint density at radius 2 is 2.33 bits per heavy atom. The van der Waals surface area contributed by atoms with Crippen LogP contribution in [0.5, 0.6) is 0 Å². The summed E-state index contributed by atoms with van der Waals surface area (Å²) in [4.78, 5) is 15.1. The van der Waals surface area contributed by atoms with Gasteiger partial charge in [-0.2, -0.15) is 0 Å². The van der Waals surface area contributed by atoms with Gasteiger partial charge in [-0.3, -0.25) is 4.79 Å². The van der Waals surface area contributed by atoms with Crippen LogP contribution in [0.2, 0.25) is 0 Å². The number of nitrogens with two attached hydrogens (primary N) is 1. The van der Waals surface area contributed by atoms with Crippen molar-refractivity contribution in [3.8, 4) is 0 Å². The molecule has 0 aliphatic heterocycles. The van der Waals surface area contributed by atoms with Crippen LogP contribution in [0.1, 0.15) is 16.1 Å². The second kappa shape index (κ2) is 7.83. The number of carbonyl (C=O) groups is 1. The highest BCUT2D eigenvalue weighted by atomic mass is 79.9. The predicted molar refractivity (Wildman–Crippen MR) is 81.2 cm³/mol. The van der Waals surface area contributed by atoms with Crippen LogP contribution in [0.3, 0.4) is 0 Å². The molecule has 0 aromatic carbocycles. The zero-order valence-corrected chi connectivity index (χ0v) is 13.2. The number of rotatable bonds is 7. The number of methoxy groups -OCH3 is 1. The predicted octanol–water partition coefficient (Wildman–Crippen LogP) is 2.28. The van der Waals surface area contributed by atoms with Crippen molar-refractivity contribution in [3.63, 3.8) is 0 Å². The number of hydrogen-bond donors (Lipinski definition) is 1. The Morgan fingerprint density at radius 3 is 2.83 bits per heavy atom. The van der Waals surface area contributed by atoms with E-state index in [2.05, 4.69) is 15.9 Å². The van der Waals surface area contributed by atoms with Gasteiger partial charge >= 0.3 is 0 Å². The van der Waals surface area contributed by atoms with Crippen molar-refractivity contribution < 1.29 is 9.53 Å². The van der Waals surface area contributed by atoms with Gasteiger partial charge in [-0.25, -0.2) is 0 Å². The first-order valence-electron chi connectivity index (χ1n) is 5.35. The number of carbonyl (C=O) groups excluding carboxylic acids is 1. The molecule has 0 aliphatic rings. The number of halogens is 1. The highest BCUT2D eigenvalue weighted by molar-refractivity contribution is 9.10. The Balaban J connectivity index is 2.72. The zero-order chi connectivity index (χ0) is 13.5. The Hall–Kier alpha value is -0.500. The largest absolute Gasteiger partial charge is 0.393 e. The molecule has 2 N–H and O–H groups in total. The Labute approximate surface area is 124 Å². The summed E-state index contributed by atoms with van der Waals surface area (Å²) in [6, 6.07) is 1.86. The van der Waals surface area contributed by atoms with Crippen LogP contribution in [0.15, 0.2) is 15.9 Å². The lowest BCUT2D eigenvalue weighted by atomic mass is 10.3. The topological polar surface area (TPSA) is 55.6 Å². The molecule has 18 heavy (non-hydrogen) atoms. The molecule has 0 radical (unpaired) electrons. The lowest BCUT2D eigenvalue weighted by molar-refractivity contribution is 0.0705. The fraction of sp³-hybridized carbons (Fsp3) is 0.455. The number of nitrogens with zero attached hydrogens (tertiary/aromatic N) is 1. The summed E-state index contributed by atoms with van der Waals surface area (Å²) >= 11 is 9.62. The number of thiophene rings is 1. The Bertz CT molecular complexity index is 423. The lowest BCUT2D eigenvalue weighted by Gasteiger charge is -2.21. The third-order valence-corrected chi connectivity index (χ3v) is 4.32. The second-order valence-corrected chi connectivity index (χ2v) is 5.89. The van der Waals surface area contributed by atoms with Crippen molar-refractivity contribution in [1.82, 2.24) is 4.90 Å². The molecule has 0 saturated carbocycles. The number of hydrogen-bond acceptors (Lipinski definition) is 4. The van der Waals surface area contributed by atoms with Gasteiger partial charge in [0.2, 0.25) is 0 Å². The molecule has 4 nitrogen and oxygen atoms in total. The lowest BCUT2D eigenvalue weighted by Crippen LogP contribution is -2.36. The third-order valence-electron chi connectivity index (χ3n) is 2.29. The van der Waals surface area contributed by atoms with E-state index in [1.807, 2.05) is 11.4 Å². The fourth-order valence-corrected chi connectivity index (χ4v) is 2.95. The van der Waals surface area contributed by atoms with Crippen molar-refractivity contribution in [2.75, 3.05) is 26.8 Å². The van der Waals surface area contributed by atoms with Crippen LogP contribution in [-0.2, 0) is 4.74 Å². The van der Waals surface area contributed by atoms with Gasteiger partial charge in [0.25, 0.3) is 5.91 Å². The van der Waals surface area contributed by atoms with Gasteiger partial charge in [-0.05, 0) is 27.4 Å². The molecule has 1 amide bonds. The summed E-state index contributed by atoms with van der Waals surface area (Å²) in [6.45, 7) is 1.54. The van der Waals surface area contributed by atoms with Gasteiger partial charge in [0.05, 0.1) is 11.6 Å². The van der Waals surface area contributed by atoms with Gasteiger partial charge in [-0.15, -0.1) is 11.3 Å². The van der Waals surface area contributed by atoms with E-state index in [1.54, 1.807) is 12.0 Å². The van der Waals surface area contributed by atoms with Gasteiger partial charge in [0, 0.05) is 31.1 Å². The van der Waals surface area contributed by atoms with Crippen LogP contribution in [0, 0.1) is 0 Å². The maximum absolute atomic E-state index is 12.3. The molecule has 0 spiro atoms. The minimum atomic E-state index is -0.0230.